The van der Waals surface area contributed by atoms with Crippen LogP contribution in [-0.2, 0) is 17.8 Å². The van der Waals surface area contributed by atoms with Crippen LogP contribution in [0.1, 0.15) is 5.56 Å². The fourth-order valence-corrected chi connectivity index (χ4v) is 2.77. The second-order valence-electron chi connectivity index (χ2n) is 5.50. The maximum absolute atomic E-state index is 10.6. The fraction of sp³-hybridized carbons (Fsp3) is 0.111. The highest BCUT2D eigenvalue weighted by molar-refractivity contribution is 7.77. The molecule has 1 unspecified atom stereocenters. The number of anilines is 1. The van der Waals surface area contributed by atoms with Crippen molar-refractivity contribution in [2.45, 2.75) is 6.54 Å². The van der Waals surface area contributed by atoms with Crippen molar-refractivity contribution >= 4 is 17.1 Å². The molecule has 0 radical (unpaired) electrons. The Morgan fingerprint density at radius 2 is 1.77 bits per heavy atom. The van der Waals surface area contributed by atoms with Gasteiger partial charge in [0.25, 0.3) is 0 Å². The van der Waals surface area contributed by atoms with Gasteiger partial charge in [0.05, 0.1) is 7.11 Å². The van der Waals surface area contributed by atoms with E-state index in [1.54, 1.807) is 25.6 Å². The van der Waals surface area contributed by atoms with Crippen molar-refractivity contribution in [2.24, 2.45) is 0 Å². The van der Waals surface area contributed by atoms with E-state index in [2.05, 4.69) is 14.7 Å². The van der Waals surface area contributed by atoms with E-state index in [-0.39, 0.29) is 6.54 Å². The Bertz CT molecular complexity index is 915. The van der Waals surface area contributed by atoms with Crippen molar-refractivity contribution in [3.8, 4) is 28.1 Å². The number of nitrogens with zero attached hydrogens (tertiary/aromatic N) is 2. The molecule has 0 aliphatic heterocycles. The Labute approximate surface area is 153 Å². The number of methoxy groups -OCH3 is 1. The molecule has 26 heavy (non-hydrogen) atoms. The third-order valence-electron chi connectivity index (χ3n) is 3.86. The van der Waals surface area contributed by atoms with Gasteiger partial charge in [0, 0.05) is 53.0 Å². The molecular weight excluding hydrogens is 352 g/mol. The SMILES string of the molecule is COc1ccc(-c2cc(-c3ccc(CNS(=O)[O-])cc3)cnc2N)cn1. The number of benzene rings is 1. The standard InChI is InChI=1S/C18H18N4O3S/c1-25-17-7-6-14(10-20-17)16-8-15(11-21-18(16)19)13-4-2-12(3-5-13)9-22-26(23)24/h2-8,10-11,22H,9H2,1H3,(H2,19,21)(H,23,24)/p-1. The zero-order valence-corrected chi connectivity index (χ0v) is 14.8. The van der Waals surface area contributed by atoms with Gasteiger partial charge in [-0.1, -0.05) is 24.3 Å². The second-order valence-corrected chi connectivity index (χ2v) is 6.26. The minimum Gasteiger partial charge on any atom is -0.760 e. The van der Waals surface area contributed by atoms with Crippen LogP contribution in [0.2, 0.25) is 0 Å². The first kappa shape index (κ1) is 18.0. The Kier molecular flexibility index (Phi) is 5.57. The van der Waals surface area contributed by atoms with Crippen LogP contribution in [0.4, 0.5) is 5.82 Å². The Morgan fingerprint density at radius 1 is 1.08 bits per heavy atom. The lowest BCUT2D eigenvalue weighted by atomic mass is 10.0. The first-order valence-electron chi connectivity index (χ1n) is 7.75. The van der Waals surface area contributed by atoms with Gasteiger partial charge >= 0.3 is 0 Å². The van der Waals surface area contributed by atoms with Crippen LogP contribution in [-0.4, -0.2) is 25.8 Å². The summed E-state index contributed by atoms with van der Waals surface area (Å²) in [5.41, 5.74) is 10.4. The zero-order chi connectivity index (χ0) is 18.5. The van der Waals surface area contributed by atoms with Crippen molar-refractivity contribution < 1.29 is 13.5 Å². The number of hydrogen-bond acceptors (Lipinski definition) is 6. The van der Waals surface area contributed by atoms with Crippen LogP contribution in [0.25, 0.3) is 22.3 Å². The normalized spacial score (nSPS) is 11.9. The predicted octanol–water partition coefficient (Wildman–Crippen LogP) is 2.29. The van der Waals surface area contributed by atoms with Crippen molar-refractivity contribution in [1.82, 2.24) is 14.7 Å². The summed E-state index contributed by atoms with van der Waals surface area (Å²) in [7, 11) is 1.56. The van der Waals surface area contributed by atoms with Gasteiger partial charge in [0.1, 0.15) is 5.82 Å². The average molecular weight is 369 g/mol. The molecule has 3 rings (SSSR count). The van der Waals surface area contributed by atoms with Gasteiger partial charge in [0.15, 0.2) is 0 Å². The number of nitrogens with two attached hydrogens (primary N) is 1. The van der Waals surface area contributed by atoms with Gasteiger partial charge in [-0.15, -0.1) is 0 Å². The maximum atomic E-state index is 10.6. The summed E-state index contributed by atoms with van der Waals surface area (Å²) in [6.45, 7) is 0.249. The van der Waals surface area contributed by atoms with Crippen LogP contribution in [0.15, 0.2) is 54.9 Å². The molecule has 134 valence electrons. The molecule has 2 heterocycles. The number of rotatable bonds is 6. The van der Waals surface area contributed by atoms with Crippen molar-refractivity contribution in [2.75, 3.05) is 12.8 Å². The first-order valence-corrected chi connectivity index (χ1v) is 8.82. The number of pyridine rings is 2. The Balaban J connectivity index is 1.87. The van der Waals surface area contributed by atoms with E-state index in [1.807, 2.05) is 36.4 Å². The average Bonchev–Trinajstić information content (AvgIpc) is 2.67. The van der Waals surface area contributed by atoms with Crippen molar-refractivity contribution in [1.29, 1.82) is 0 Å². The summed E-state index contributed by atoms with van der Waals surface area (Å²) in [6.07, 6.45) is 3.39. The molecule has 1 aromatic carbocycles. The molecule has 3 aromatic rings. The minimum absolute atomic E-state index is 0.249. The third-order valence-corrected chi connectivity index (χ3v) is 4.24. The maximum Gasteiger partial charge on any atom is 0.212 e. The zero-order valence-electron chi connectivity index (χ0n) is 14.0. The highest BCUT2D eigenvalue weighted by Crippen LogP contribution is 2.30. The molecule has 1 atom stereocenters. The Hall–Kier alpha value is -2.81. The number of hydrogen-bond donors (Lipinski definition) is 2. The van der Waals surface area contributed by atoms with Gasteiger partial charge in [-0.2, -0.15) is 0 Å². The summed E-state index contributed by atoms with van der Waals surface area (Å²) in [5, 5.41) is 0. The topological polar surface area (TPSA) is 113 Å². The number of aromatic nitrogens is 2. The third kappa shape index (κ3) is 4.23. The van der Waals surface area contributed by atoms with Gasteiger partial charge < -0.3 is 15.0 Å². The van der Waals surface area contributed by atoms with E-state index in [9.17, 15) is 8.76 Å². The quantitative estimate of drug-likeness (QED) is 0.645. The van der Waals surface area contributed by atoms with Crippen molar-refractivity contribution in [3.05, 3.63) is 60.4 Å². The second kappa shape index (κ2) is 8.05. The van der Waals surface area contributed by atoms with Crippen LogP contribution in [0, 0.1) is 0 Å². The van der Waals surface area contributed by atoms with Crippen LogP contribution in [0.5, 0.6) is 5.88 Å². The first-order chi connectivity index (χ1) is 12.6. The number of ether oxygens (including phenoxy) is 1. The van der Waals surface area contributed by atoms with E-state index in [1.165, 1.54) is 0 Å². The lowest BCUT2D eigenvalue weighted by Gasteiger charge is -2.10. The molecule has 0 fully saturated rings. The summed E-state index contributed by atoms with van der Waals surface area (Å²) < 4.78 is 28.5. The lowest BCUT2D eigenvalue weighted by molar-refractivity contribution is 0.398. The molecular formula is C18H17N4O3S-. The highest BCUT2D eigenvalue weighted by atomic mass is 32.2. The minimum atomic E-state index is -2.28. The van der Waals surface area contributed by atoms with E-state index < -0.39 is 11.3 Å². The summed E-state index contributed by atoms with van der Waals surface area (Å²) >= 11 is -2.28. The van der Waals surface area contributed by atoms with Crippen LogP contribution in [0.3, 0.4) is 0 Å². The molecule has 0 saturated carbocycles. The van der Waals surface area contributed by atoms with Gasteiger partial charge in [0.2, 0.25) is 5.88 Å². The largest absolute Gasteiger partial charge is 0.760 e. The lowest BCUT2D eigenvalue weighted by Crippen LogP contribution is -2.15. The number of nitrogens with one attached hydrogen (secondary N) is 1. The van der Waals surface area contributed by atoms with Crippen LogP contribution >= 0.6 is 0 Å². The Morgan fingerprint density at radius 3 is 2.38 bits per heavy atom. The van der Waals surface area contributed by atoms with E-state index >= 15 is 0 Å². The molecule has 0 aliphatic rings. The molecule has 7 nitrogen and oxygen atoms in total. The van der Waals surface area contributed by atoms with E-state index in [4.69, 9.17) is 10.5 Å². The monoisotopic (exact) mass is 369 g/mol. The predicted molar refractivity (Wildman–Crippen MR) is 99.6 cm³/mol. The smallest absolute Gasteiger partial charge is 0.212 e. The summed E-state index contributed by atoms with van der Waals surface area (Å²) in [6, 6.07) is 13.1. The molecule has 0 amide bonds. The van der Waals surface area contributed by atoms with Crippen LogP contribution < -0.4 is 15.2 Å². The van der Waals surface area contributed by atoms with E-state index in [0.717, 1.165) is 27.8 Å². The number of nitrogen functional groups attached to an aromatic ring is 1. The molecule has 0 saturated heterocycles. The highest BCUT2D eigenvalue weighted by Gasteiger charge is 2.08. The van der Waals surface area contributed by atoms with E-state index in [0.29, 0.717) is 11.7 Å². The molecule has 2 aromatic heterocycles. The molecule has 0 bridgehead atoms. The fourth-order valence-electron chi connectivity index (χ4n) is 2.48. The van der Waals surface area contributed by atoms with Gasteiger partial charge in [-0.05, 0) is 23.3 Å². The molecule has 0 spiro atoms. The summed E-state index contributed by atoms with van der Waals surface area (Å²) in [4.78, 5) is 8.48. The van der Waals surface area contributed by atoms with Crippen molar-refractivity contribution in [3.63, 3.8) is 0 Å². The molecule has 8 heteroatoms. The van der Waals surface area contributed by atoms with Gasteiger partial charge in [-0.3, -0.25) is 4.21 Å². The summed E-state index contributed by atoms with van der Waals surface area (Å²) in [5.74, 6) is 0.944. The van der Waals surface area contributed by atoms with Gasteiger partial charge in [-0.25, -0.2) is 14.7 Å². The molecule has 0 aliphatic carbocycles. The molecule has 3 N–H and O–H groups in total.